The zero-order chi connectivity index (χ0) is 15.4. The molecule has 0 saturated heterocycles. The molecule has 2 aromatic rings. The van der Waals surface area contributed by atoms with Gasteiger partial charge in [-0.05, 0) is 17.7 Å². The van der Waals surface area contributed by atoms with Crippen molar-refractivity contribution in [2.75, 3.05) is 14.1 Å². The van der Waals surface area contributed by atoms with E-state index < -0.39 is 0 Å². The number of amides is 1. The second kappa shape index (κ2) is 7.21. The molecule has 0 N–H and O–H groups in total. The van der Waals surface area contributed by atoms with Gasteiger partial charge in [-0.15, -0.1) is 11.8 Å². The number of rotatable bonds is 4. The summed E-state index contributed by atoms with van der Waals surface area (Å²) in [7, 11) is 3.49. The fourth-order valence-electron chi connectivity index (χ4n) is 1.84. The van der Waals surface area contributed by atoms with E-state index in [4.69, 9.17) is 23.2 Å². The molecule has 110 valence electrons. The first-order chi connectivity index (χ1) is 10.0. The number of hydrogen-bond acceptors (Lipinski definition) is 2. The lowest BCUT2D eigenvalue weighted by molar-refractivity contribution is -0.128. The Balaban J connectivity index is 2.40. The first-order valence-electron chi connectivity index (χ1n) is 6.37. The molecule has 2 nitrogen and oxygen atoms in total. The molecule has 1 atom stereocenters. The third-order valence-corrected chi connectivity index (χ3v) is 5.16. The predicted molar refractivity (Wildman–Crippen MR) is 90.2 cm³/mol. The van der Waals surface area contributed by atoms with Gasteiger partial charge in [0.05, 0.1) is 10.0 Å². The minimum atomic E-state index is -0.376. The summed E-state index contributed by atoms with van der Waals surface area (Å²) < 4.78 is 0. The van der Waals surface area contributed by atoms with Gasteiger partial charge in [0.1, 0.15) is 5.25 Å². The Hall–Kier alpha value is -1.16. The number of thioether (sulfide) groups is 1. The van der Waals surface area contributed by atoms with Crippen molar-refractivity contribution in [3.05, 3.63) is 64.1 Å². The smallest absolute Gasteiger partial charge is 0.240 e. The van der Waals surface area contributed by atoms with Gasteiger partial charge in [-0.25, -0.2) is 0 Å². The van der Waals surface area contributed by atoms with Crippen LogP contribution < -0.4 is 0 Å². The molecule has 5 heteroatoms. The summed E-state index contributed by atoms with van der Waals surface area (Å²) in [6.45, 7) is 0. The normalized spacial score (nSPS) is 12.0. The first kappa shape index (κ1) is 16.2. The van der Waals surface area contributed by atoms with Crippen molar-refractivity contribution in [1.82, 2.24) is 4.90 Å². The molecule has 0 aromatic heterocycles. The molecular weight excluding hydrogens is 325 g/mol. The Morgan fingerprint density at radius 1 is 1.00 bits per heavy atom. The van der Waals surface area contributed by atoms with Crippen molar-refractivity contribution < 1.29 is 4.79 Å². The number of likely N-dealkylation sites (N-methyl/N-ethyl adjacent to an activating group) is 1. The molecule has 2 rings (SSSR count). The molecule has 0 saturated carbocycles. The second-order valence-electron chi connectivity index (χ2n) is 4.69. The van der Waals surface area contributed by atoms with E-state index in [1.165, 1.54) is 11.8 Å². The lowest BCUT2D eigenvalue weighted by Gasteiger charge is -2.21. The molecule has 0 spiro atoms. The van der Waals surface area contributed by atoms with Gasteiger partial charge >= 0.3 is 0 Å². The Morgan fingerprint density at radius 3 is 2.10 bits per heavy atom. The van der Waals surface area contributed by atoms with Gasteiger partial charge in [-0.2, -0.15) is 0 Å². The quantitative estimate of drug-likeness (QED) is 0.737. The Bertz CT molecular complexity index is 611. The van der Waals surface area contributed by atoms with Gasteiger partial charge in [0.25, 0.3) is 0 Å². The highest BCUT2D eigenvalue weighted by Gasteiger charge is 2.25. The van der Waals surface area contributed by atoms with Crippen molar-refractivity contribution in [1.29, 1.82) is 0 Å². The zero-order valence-electron chi connectivity index (χ0n) is 11.7. The van der Waals surface area contributed by atoms with Crippen LogP contribution in [-0.2, 0) is 4.79 Å². The molecule has 0 bridgehead atoms. The number of halogens is 2. The first-order valence-corrected chi connectivity index (χ1v) is 8.01. The second-order valence-corrected chi connectivity index (χ2v) is 6.62. The largest absolute Gasteiger partial charge is 0.348 e. The van der Waals surface area contributed by atoms with E-state index in [1.54, 1.807) is 37.2 Å². The summed E-state index contributed by atoms with van der Waals surface area (Å²) in [5.74, 6) is 0.00202. The van der Waals surface area contributed by atoms with Crippen LogP contribution in [0.3, 0.4) is 0 Å². The minimum Gasteiger partial charge on any atom is -0.348 e. The third kappa shape index (κ3) is 3.94. The summed E-state index contributed by atoms with van der Waals surface area (Å²) in [5.41, 5.74) is 0.928. The molecule has 0 heterocycles. The zero-order valence-corrected chi connectivity index (χ0v) is 14.0. The fraction of sp³-hybridized carbons (Fsp3) is 0.188. The van der Waals surface area contributed by atoms with Crippen molar-refractivity contribution in [2.45, 2.75) is 10.1 Å². The Kier molecular flexibility index (Phi) is 5.57. The molecule has 2 aromatic carbocycles. The van der Waals surface area contributed by atoms with E-state index in [9.17, 15) is 4.79 Å². The Morgan fingerprint density at radius 2 is 1.57 bits per heavy atom. The summed E-state index contributed by atoms with van der Waals surface area (Å²) in [5, 5.41) is 0.735. The number of carbonyl (C=O) groups excluding carboxylic acids is 1. The summed E-state index contributed by atoms with van der Waals surface area (Å²) in [4.78, 5) is 14.8. The molecular formula is C16H15Cl2NOS. The van der Waals surface area contributed by atoms with Gasteiger partial charge in [0.2, 0.25) is 5.91 Å². The molecule has 1 amide bonds. The van der Waals surface area contributed by atoms with Crippen LogP contribution in [-0.4, -0.2) is 24.9 Å². The maximum Gasteiger partial charge on any atom is 0.240 e. The van der Waals surface area contributed by atoms with Crippen LogP contribution in [0.2, 0.25) is 10.0 Å². The molecule has 21 heavy (non-hydrogen) atoms. The third-order valence-electron chi connectivity index (χ3n) is 2.92. The highest BCUT2D eigenvalue weighted by Crippen LogP contribution is 2.43. The van der Waals surface area contributed by atoms with Gasteiger partial charge < -0.3 is 4.90 Å². The van der Waals surface area contributed by atoms with Crippen LogP contribution >= 0.6 is 35.0 Å². The van der Waals surface area contributed by atoms with Crippen molar-refractivity contribution in [3.8, 4) is 0 Å². The predicted octanol–water partition coefficient (Wildman–Crippen LogP) is 4.92. The minimum absolute atomic E-state index is 0.00202. The lowest BCUT2D eigenvalue weighted by Crippen LogP contribution is -2.26. The summed E-state index contributed by atoms with van der Waals surface area (Å²) in [6, 6.07) is 15.0. The molecule has 0 aliphatic heterocycles. The highest BCUT2D eigenvalue weighted by molar-refractivity contribution is 8.00. The van der Waals surface area contributed by atoms with E-state index in [-0.39, 0.29) is 11.2 Å². The molecule has 0 aliphatic rings. The van der Waals surface area contributed by atoms with Gasteiger partial charge in [0, 0.05) is 19.0 Å². The van der Waals surface area contributed by atoms with Crippen LogP contribution in [0.4, 0.5) is 0 Å². The number of carbonyl (C=O) groups is 1. The summed E-state index contributed by atoms with van der Waals surface area (Å²) in [6.07, 6.45) is 0. The fourth-order valence-corrected chi connectivity index (χ4v) is 3.70. The van der Waals surface area contributed by atoms with Gasteiger partial charge in [-0.3, -0.25) is 4.79 Å². The van der Waals surface area contributed by atoms with Crippen molar-refractivity contribution in [2.24, 2.45) is 0 Å². The van der Waals surface area contributed by atoms with Gasteiger partial charge in [0.15, 0.2) is 0 Å². The van der Waals surface area contributed by atoms with Crippen LogP contribution in [0, 0.1) is 0 Å². The van der Waals surface area contributed by atoms with E-state index in [0.29, 0.717) is 10.0 Å². The van der Waals surface area contributed by atoms with E-state index in [1.807, 2.05) is 30.3 Å². The van der Waals surface area contributed by atoms with Crippen LogP contribution in [0.25, 0.3) is 0 Å². The lowest BCUT2D eigenvalue weighted by atomic mass is 10.1. The maximum absolute atomic E-state index is 12.5. The average Bonchev–Trinajstić information content (AvgIpc) is 2.47. The average molecular weight is 340 g/mol. The molecule has 0 radical (unpaired) electrons. The van der Waals surface area contributed by atoms with E-state index in [0.717, 1.165) is 10.5 Å². The Labute approximate surface area is 139 Å². The molecule has 0 fully saturated rings. The van der Waals surface area contributed by atoms with Crippen LogP contribution in [0.5, 0.6) is 0 Å². The SMILES string of the molecule is CN(C)C(=O)[C@H](Sc1c(Cl)cccc1Cl)c1ccccc1. The van der Waals surface area contributed by atoms with Gasteiger partial charge in [-0.1, -0.05) is 59.6 Å². The van der Waals surface area contributed by atoms with Crippen molar-refractivity contribution >= 4 is 40.9 Å². The number of benzene rings is 2. The maximum atomic E-state index is 12.5. The topological polar surface area (TPSA) is 20.3 Å². The number of hydrogen-bond donors (Lipinski definition) is 0. The number of nitrogens with zero attached hydrogens (tertiary/aromatic N) is 1. The molecule has 0 aliphatic carbocycles. The highest BCUT2D eigenvalue weighted by atomic mass is 35.5. The summed E-state index contributed by atoms with van der Waals surface area (Å²) >= 11 is 13.8. The van der Waals surface area contributed by atoms with E-state index in [2.05, 4.69) is 0 Å². The van der Waals surface area contributed by atoms with E-state index >= 15 is 0 Å². The standard InChI is InChI=1S/C16H15Cl2NOS/c1-19(2)16(20)14(11-7-4-3-5-8-11)21-15-12(17)9-6-10-13(15)18/h3-10,14H,1-2H3/t14-/m1/s1. The van der Waals surface area contributed by atoms with Crippen molar-refractivity contribution in [3.63, 3.8) is 0 Å². The monoisotopic (exact) mass is 339 g/mol. The molecule has 0 unspecified atom stereocenters. The van der Waals surface area contributed by atoms with Crippen LogP contribution in [0.1, 0.15) is 10.8 Å². The van der Waals surface area contributed by atoms with Crippen LogP contribution in [0.15, 0.2) is 53.4 Å².